The van der Waals surface area contributed by atoms with Gasteiger partial charge in [0.25, 0.3) is 0 Å². The Labute approximate surface area is 141 Å². The molecule has 1 fully saturated rings. The van der Waals surface area contributed by atoms with Crippen molar-refractivity contribution in [3.8, 4) is 0 Å². The number of aryl methyl sites for hydroxylation is 1. The van der Waals surface area contributed by atoms with Gasteiger partial charge in [0.2, 0.25) is 5.91 Å². The predicted molar refractivity (Wildman–Crippen MR) is 96.7 cm³/mol. The number of carbonyl (C=O) groups is 1. The maximum atomic E-state index is 12.1. The summed E-state index contributed by atoms with van der Waals surface area (Å²) in [5, 5.41) is 3.09. The maximum Gasteiger partial charge on any atom is 0.220 e. The molecule has 128 valence electrons. The van der Waals surface area contributed by atoms with Gasteiger partial charge in [0, 0.05) is 19.5 Å². The highest BCUT2D eigenvalue weighted by Gasteiger charge is 2.16. The fourth-order valence-electron chi connectivity index (χ4n) is 3.62. The van der Waals surface area contributed by atoms with Gasteiger partial charge in [-0.2, -0.15) is 0 Å². The molecule has 3 nitrogen and oxygen atoms in total. The van der Waals surface area contributed by atoms with Crippen LogP contribution >= 0.6 is 0 Å². The first-order valence-electron chi connectivity index (χ1n) is 9.11. The first-order chi connectivity index (χ1) is 11.1. The van der Waals surface area contributed by atoms with Crippen LogP contribution in [0.3, 0.4) is 0 Å². The van der Waals surface area contributed by atoms with Gasteiger partial charge in [-0.1, -0.05) is 38.1 Å². The minimum Gasteiger partial charge on any atom is -0.356 e. The average molecular weight is 316 g/mol. The van der Waals surface area contributed by atoms with Gasteiger partial charge in [-0.25, -0.2) is 0 Å². The minimum absolute atomic E-state index is 0.174. The lowest BCUT2D eigenvalue weighted by Gasteiger charge is -2.30. The highest BCUT2D eigenvalue weighted by atomic mass is 16.1. The van der Waals surface area contributed by atoms with E-state index in [2.05, 4.69) is 49.2 Å². The second-order valence-electron chi connectivity index (χ2n) is 7.21. The summed E-state index contributed by atoms with van der Waals surface area (Å²) >= 11 is 0. The molecule has 23 heavy (non-hydrogen) atoms. The van der Waals surface area contributed by atoms with Crippen LogP contribution in [0.2, 0.25) is 0 Å². The molecule has 1 aromatic rings. The zero-order chi connectivity index (χ0) is 16.7. The third-order valence-electron chi connectivity index (χ3n) is 4.93. The Morgan fingerprint density at radius 2 is 2.17 bits per heavy atom. The van der Waals surface area contributed by atoms with E-state index in [0.717, 1.165) is 25.4 Å². The largest absolute Gasteiger partial charge is 0.356 e. The molecule has 0 spiro atoms. The topological polar surface area (TPSA) is 32.3 Å². The van der Waals surface area contributed by atoms with Crippen LogP contribution in [0, 0.1) is 12.8 Å². The van der Waals surface area contributed by atoms with E-state index in [1.165, 1.54) is 37.1 Å². The SMILES string of the molecule is Cc1ccccc1C(C)CC(=O)NCCCN1CCCC(C)C1. The molecule has 2 rings (SSSR count). The maximum absolute atomic E-state index is 12.1. The van der Waals surface area contributed by atoms with E-state index in [0.29, 0.717) is 6.42 Å². The van der Waals surface area contributed by atoms with Gasteiger partial charge >= 0.3 is 0 Å². The quantitative estimate of drug-likeness (QED) is 0.778. The van der Waals surface area contributed by atoms with Crippen molar-refractivity contribution >= 4 is 5.91 Å². The van der Waals surface area contributed by atoms with E-state index in [-0.39, 0.29) is 11.8 Å². The van der Waals surface area contributed by atoms with Gasteiger partial charge < -0.3 is 10.2 Å². The van der Waals surface area contributed by atoms with Crippen LogP contribution in [0.25, 0.3) is 0 Å². The Kier molecular flexibility index (Phi) is 7.10. The second kappa shape index (κ2) is 9.07. The summed E-state index contributed by atoms with van der Waals surface area (Å²) in [4.78, 5) is 14.7. The van der Waals surface area contributed by atoms with Crippen molar-refractivity contribution in [3.63, 3.8) is 0 Å². The van der Waals surface area contributed by atoms with Crippen molar-refractivity contribution in [2.75, 3.05) is 26.2 Å². The van der Waals surface area contributed by atoms with Crippen molar-refractivity contribution in [2.24, 2.45) is 5.92 Å². The van der Waals surface area contributed by atoms with Crippen molar-refractivity contribution in [2.45, 2.75) is 52.4 Å². The van der Waals surface area contributed by atoms with Gasteiger partial charge in [0.15, 0.2) is 0 Å². The highest BCUT2D eigenvalue weighted by molar-refractivity contribution is 5.76. The number of nitrogens with one attached hydrogen (secondary N) is 1. The molecule has 2 atom stereocenters. The number of piperidine rings is 1. The summed E-state index contributed by atoms with van der Waals surface area (Å²) in [5.74, 6) is 1.28. The van der Waals surface area contributed by atoms with Crippen LogP contribution in [0.1, 0.15) is 56.6 Å². The van der Waals surface area contributed by atoms with E-state index >= 15 is 0 Å². The number of nitrogens with zero attached hydrogens (tertiary/aromatic N) is 1. The zero-order valence-corrected chi connectivity index (χ0v) is 15.0. The number of benzene rings is 1. The first-order valence-corrected chi connectivity index (χ1v) is 9.11. The fourth-order valence-corrected chi connectivity index (χ4v) is 3.62. The second-order valence-corrected chi connectivity index (χ2v) is 7.21. The molecule has 0 radical (unpaired) electrons. The molecular weight excluding hydrogens is 284 g/mol. The Hall–Kier alpha value is -1.35. The molecule has 2 unspecified atom stereocenters. The lowest BCUT2D eigenvalue weighted by Crippen LogP contribution is -2.36. The summed E-state index contributed by atoms with van der Waals surface area (Å²) in [6.45, 7) is 10.9. The van der Waals surface area contributed by atoms with Crippen molar-refractivity contribution < 1.29 is 4.79 Å². The normalized spacial score (nSPS) is 20.2. The molecule has 3 heteroatoms. The van der Waals surface area contributed by atoms with Crippen molar-refractivity contribution in [1.29, 1.82) is 0 Å². The van der Waals surface area contributed by atoms with Gasteiger partial charge in [0.05, 0.1) is 0 Å². The van der Waals surface area contributed by atoms with Gasteiger partial charge in [-0.3, -0.25) is 4.79 Å². The Morgan fingerprint density at radius 1 is 1.39 bits per heavy atom. The molecule has 1 heterocycles. The summed E-state index contributed by atoms with van der Waals surface area (Å²) in [6.07, 6.45) is 4.31. The van der Waals surface area contributed by atoms with Gasteiger partial charge in [-0.15, -0.1) is 0 Å². The molecular formula is C20H32N2O. The number of amides is 1. The van der Waals surface area contributed by atoms with Crippen LogP contribution in [0.5, 0.6) is 0 Å². The Balaban J connectivity index is 1.64. The summed E-state index contributed by atoms with van der Waals surface area (Å²) in [6, 6.07) is 8.34. The van der Waals surface area contributed by atoms with Gasteiger partial charge in [-0.05, 0) is 62.2 Å². The van der Waals surface area contributed by atoms with E-state index in [1.54, 1.807) is 0 Å². The third kappa shape index (κ3) is 5.98. The zero-order valence-electron chi connectivity index (χ0n) is 15.0. The van der Waals surface area contributed by atoms with Crippen LogP contribution in [-0.4, -0.2) is 37.0 Å². The molecule has 1 aliphatic heterocycles. The minimum atomic E-state index is 0.174. The first kappa shape index (κ1) is 18.0. The molecule has 1 aromatic carbocycles. The van der Waals surface area contributed by atoms with Crippen LogP contribution < -0.4 is 5.32 Å². The highest BCUT2D eigenvalue weighted by Crippen LogP contribution is 2.22. The molecule has 0 saturated carbocycles. The Bertz CT molecular complexity index is 500. The van der Waals surface area contributed by atoms with Crippen molar-refractivity contribution in [3.05, 3.63) is 35.4 Å². The molecule has 1 N–H and O–H groups in total. The number of hydrogen-bond donors (Lipinski definition) is 1. The molecule has 0 bridgehead atoms. The van der Waals surface area contributed by atoms with E-state index < -0.39 is 0 Å². The van der Waals surface area contributed by atoms with E-state index in [4.69, 9.17) is 0 Å². The number of rotatable bonds is 7. The van der Waals surface area contributed by atoms with Crippen molar-refractivity contribution in [1.82, 2.24) is 10.2 Å². The smallest absolute Gasteiger partial charge is 0.220 e. The van der Waals surface area contributed by atoms with Crippen LogP contribution in [0.4, 0.5) is 0 Å². The standard InChI is InChI=1S/C20H32N2O/c1-16-8-6-12-22(15-16)13-7-11-21-20(23)14-18(3)19-10-5-4-9-17(19)2/h4-5,9-10,16,18H,6-8,11-15H2,1-3H3,(H,21,23). The molecule has 1 amide bonds. The summed E-state index contributed by atoms with van der Waals surface area (Å²) in [7, 11) is 0. The summed E-state index contributed by atoms with van der Waals surface area (Å²) in [5.41, 5.74) is 2.55. The fraction of sp³-hybridized carbons (Fsp3) is 0.650. The molecule has 0 aliphatic carbocycles. The molecule has 1 aliphatic rings. The lowest BCUT2D eigenvalue weighted by molar-refractivity contribution is -0.121. The lowest BCUT2D eigenvalue weighted by atomic mass is 9.93. The Morgan fingerprint density at radius 3 is 2.91 bits per heavy atom. The van der Waals surface area contributed by atoms with Gasteiger partial charge in [0.1, 0.15) is 0 Å². The number of likely N-dealkylation sites (tertiary alicyclic amines) is 1. The summed E-state index contributed by atoms with van der Waals surface area (Å²) < 4.78 is 0. The van der Waals surface area contributed by atoms with E-state index in [9.17, 15) is 4.79 Å². The van der Waals surface area contributed by atoms with Crippen LogP contribution in [0.15, 0.2) is 24.3 Å². The average Bonchev–Trinajstić information content (AvgIpc) is 2.52. The predicted octanol–water partition coefficient (Wildman–Crippen LogP) is 3.73. The van der Waals surface area contributed by atoms with Crippen LogP contribution in [-0.2, 0) is 4.79 Å². The third-order valence-corrected chi connectivity index (χ3v) is 4.93. The molecule has 0 aromatic heterocycles. The number of carbonyl (C=O) groups excluding carboxylic acids is 1. The molecule has 1 saturated heterocycles. The monoisotopic (exact) mass is 316 g/mol. The van der Waals surface area contributed by atoms with E-state index in [1.807, 2.05) is 6.07 Å². The number of hydrogen-bond acceptors (Lipinski definition) is 2.